The Balaban J connectivity index is 1.64. The molecule has 0 N–H and O–H groups in total. The Kier molecular flexibility index (Phi) is 4.94. The molecule has 2 aromatic rings. The molecule has 6 heteroatoms. The molecule has 0 bridgehead atoms. The second-order valence-corrected chi connectivity index (χ2v) is 6.42. The van der Waals surface area contributed by atoms with Gasteiger partial charge in [-0.15, -0.1) is 0 Å². The van der Waals surface area contributed by atoms with E-state index in [1.807, 2.05) is 44.1 Å². The molecule has 3 rings (SSSR count). The summed E-state index contributed by atoms with van der Waals surface area (Å²) >= 11 is 0. The minimum atomic E-state index is -0.123. The van der Waals surface area contributed by atoms with Gasteiger partial charge >= 0.3 is 0 Å². The van der Waals surface area contributed by atoms with Crippen LogP contribution in [0.4, 0.5) is 16.2 Å². The number of nitrogens with zero attached hydrogens (tertiary/aromatic N) is 5. The van der Waals surface area contributed by atoms with Gasteiger partial charge in [-0.3, -0.25) is 4.90 Å². The summed E-state index contributed by atoms with van der Waals surface area (Å²) in [5.74, 6) is 1.58. The molecule has 1 saturated heterocycles. The van der Waals surface area contributed by atoms with Gasteiger partial charge in [-0.05, 0) is 13.0 Å². The van der Waals surface area contributed by atoms with Gasteiger partial charge in [0.1, 0.15) is 11.6 Å². The molecule has 128 valence electrons. The molecule has 0 spiro atoms. The van der Waals surface area contributed by atoms with Gasteiger partial charge in [0.25, 0.3) is 0 Å². The number of aromatic nitrogens is 2. The Morgan fingerprint density at radius 3 is 2.46 bits per heavy atom. The van der Waals surface area contributed by atoms with Crippen molar-refractivity contribution in [2.75, 3.05) is 50.1 Å². The number of benzene rings is 1. The quantitative estimate of drug-likeness (QED) is 0.860. The number of halogens is 1. The van der Waals surface area contributed by atoms with E-state index in [4.69, 9.17) is 0 Å². The van der Waals surface area contributed by atoms with Crippen LogP contribution in [0.3, 0.4) is 0 Å². The smallest absolute Gasteiger partial charge is 0.226 e. The lowest BCUT2D eigenvalue weighted by Gasteiger charge is -2.35. The number of rotatable bonds is 4. The van der Waals surface area contributed by atoms with E-state index in [0.717, 1.165) is 49.2 Å². The number of piperazine rings is 1. The number of hydrogen-bond acceptors (Lipinski definition) is 5. The molecule has 1 fully saturated rings. The van der Waals surface area contributed by atoms with Crippen molar-refractivity contribution in [2.24, 2.45) is 0 Å². The van der Waals surface area contributed by atoms with Crippen LogP contribution in [-0.2, 0) is 6.54 Å². The van der Waals surface area contributed by atoms with Gasteiger partial charge in [-0.2, -0.15) is 4.98 Å². The first-order chi connectivity index (χ1) is 11.5. The topological polar surface area (TPSA) is 35.5 Å². The zero-order chi connectivity index (χ0) is 17.1. The molecule has 0 saturated carbocycles. The predicted octanol–water partition coefficient (Wildman–Crippen LogP) is 2.31. The first-order valence-corrected chi connectivity index (χ1v) is 8.26. The third-order valence-corrected chi connectivity index (χ3v) is 4.28. The number of anilines is 2. The van der Waals surface area contributed by atoms with Crippen molar-refractivity contribution in [3.8, 4) is 0 Å². The average molecular weight is 329 g/mol. The molecule has 5 nitrogen and oxygen atoms in total. The van der Waals surface area contributed by atoms with Gasteiger partial charge in [-0.25, -0.2) is 9.37 Å². The molecule has 2 heterocycles. The summed E-state index contributed by atoms with van der Waals surface area (Å²) in [5, 5.41) is 0. The third kappa shape index (κ3) is 3.82. The minimum Gasteiger partial charge on any atom is -0.354 e. The van der Waals surface area contributed by atoms with Gasteiger partial charge in [0.15, 0.2) is 0 Å². The van der Waals surface area contributed by atoms with E-state index in [0.29, 0.717) is 6.54 Å². The molecule has 1 aliphatic rings. The summed E-state index contributed by atoms with van der Waals surface area (Å²) in [6, 6.07) is 9.04. The fraction of sp³-hybridized carbons (Fsp3) is 0.444. The summed E-state index contributed by atoms with van der Waals surface area (Å²) in [7, 11) is 3.90. The highest BCUT2D eigenvalue weighted by Gasteiger charge is 2.20. The summed E-state index contributed by atoms with van der Waals surface area (Å²) in [6.07, 6.45) is 0. The summed E-state index contributed by atoms with van der Waals surface area (Å²) < 4.78 is 13.8. The average Bonchev–Trinajstić information content (AvgIpc) is 2.57. The Morgan fingerprint density at radius 1 is 1.08 bits per heavy atom. The Bertz CT molecular complexity index is 696. The van der Waals surface area contributed by atoms with E-state index < -0.39 is 0 Å². The van der Waals surface area contributed by atoms with E-state index in [1.165, 1.54) is 6.07 Å². The molecule has 0 unspecified atom stereocenters. The molecule has 1 aromatic heterocycles. The van der Waals surface area contributed by atoms with Crippen molar-refractivity contribution in [3.05, 3.63) is 47.4 Å². The van der Waals surface area contributed by atoms with Crippen molar-refractivity contribution in [2.45, 2.75) is 13.5 Å². The lowest BCUT2D eigenvalue weighted by atomic mass is 10.2. The molecule has 24 heavy (non-hydrogen) atoms. The molecule has 1 aliphatic heterocycles. The fourth-order valence-corrected chi connectivity index (χ4v) is 2.90. The highest BCUT2D eigenvalue weighted by Crippen LogP contribution is 2.19. The lowest BCUT2D eigenvalue weighted by Crippen LogP contribution is -2.46. The number of aryl methyl sites for hydroxylation is 1. The van der Waals surface area contributed by atoms with Crippen molar-refractivity contribution in [1.82, 2.24) is 14.9 Å². The van der Waals surface area contributed by atoms with Gasteiger partial charge in [0.2, 0.25) is 5.95 Å². The highest BCUT2D eigenvalue weighted by atomic mass is 19.1. The van der Waals surface area contributed by atoms with Crippen LogP contribution < -0.4 is 9.80 Å². The fourth-order valence-electron chi connectivity index (χ4n) is 2.90. The lowest BCUT2D eigenvalue weighted by molar-refractivity contribution is 0.246. The van der Waals surface area contributed by atoms with Crippen molar-refractivity contribution in [1.29, 1.82) is 0 Å². The van der Waals surface area contributed by atoms with Gasteiger partial charge in [0.05, 0.1) is 0 Å². The molecular weight excluding hydrogens is 305 g/mol. The molecule has 0 radical (unpaired) electrons. The van der Waals surface area contributed by atoms with Crippen molar-refractivity contribution >= 4 is 11.8 Å². The van der Waals surface area contributed by atoms with E-state index in [2.05, 4.69) is 19.8 Å². The maximum Gasteiger partial charge on any atom is 0.226 e. The van der Waals surface area contributed by atoms with Crippen LogP contribution in [0.2, 0.25) is 0 Å². The van der Waals surface area contributed by atoms with Crippen molar-refractivity contribution in [3.63, 3.8) is 0 Å². The Hall–Kier alpha value is -2.21. The van der Waals surface area contributed by atoms with Crippen LogP contribution in [0, 0.1) is 12.7 Å². The van der Waals surface area contributed by atoms with E-state index in [9.17, 15) is 4.39 Å². The van der Waals surface area contributed by atoms with Crippen LogP contribution in [-0.4, -0.2) is 55.1 Å². The zero-order valence-electron chi connectivity index (χ0n) is 14.5. The molecule has 1 aromatic carbocycles. The van der Waals surface area contributed by atoms with Crippen LogP contribution in [0.1, 0.15) is 11.3 Å². The maximum absolute atomic E-state index is 13.8. The van der Waals surface area contributed by atoms with Crippen LogP contribution in [0.25, 0.3) is 0 Å². The van der Waals surface area contributed by atoms with Crippen molar-refractivity contribution < 1.29 is 4.39 Å². The summed E-state index contributed by atoms with van der Waals surface area (Å²) in [4.78, 5) is 15.6. The number of hydrogen-bond donors (Lipinski definition) is 0. The standard InChI is InChI=1S/C18H24FN5/c1-14-12-17(21-18(20-14)22(2)3)24-10-8-23(9-11-24)13-15-6-4-5-7-16(15)19/h4-7,12H,8-11,13H2,1-3H3. The first kappa shape index (κ1) is 16.6. The van der Waals surface area contributed by atoms with Gasteiger partial charge in [-0.1, -0.05) is 18.2 Å². The van der Waals surface area contributed by atoms with Gasteiger partial charge < -0.3 is 9.80 Å². The Morgan fingerprint density at radius 2 is 1.79 bits per heavy atom. The largest absolute Gasteiger partial charge is 0.354 e. The SMILES string of the molecule is Cc1cc(N2CCN(Cc3ccccc3F)CC2)nc(N(C)C)n1. The van der Waals surface area contributed by atoms with Crippen LogP contribution in [0.5, 0.6) is 0 Å². The second-order valence-electron chi connectivity index (χ2n) is 6.42. The first-order valence-electron chi connectivity index (χ1n) is 8.26. The van der Waals surface area contributed by atoms with E-state index >= 15 is 0 Å². The van der Waals surface area contributed by atoms with Gasteiger partial charge in [0, 0.05) is 64.1 Å². The van der Waals surface area contributed by atoms with E-state index in [1.54, 1.807) is 6.07 Å². The monoisotopic (exact) mass is 329 g/mol. The van der Waals surface area contributed by atoms with E-state index in [-0.39, 0.29) is 5.82 Å². The summed E-state index contributed by atoms with van der Waals surface area (Å²) in [6.45, 7) is 6.22. The molecule has 0 aliphatic carbocycles. The summed E-state index contributed by atoms with van der Waals surface area (Å²) in [5.41, 5.74) is 1.73. The second kappa shape index (κ2) is 7.13. The molecular formula is C18H24FN5. The minimum absolute atomic E-state index is 0.123. The van der Waals surface area contributed by atoms with Crippen LogP contribution >= 0.6 is 0 Å². The predicted molar refractivity (Wildman–Crippen MR) is 95.0 cm³/mol. The maximum atomic E-state index is 13.8. The molecule has 0 amide bonds. The Labute approximate surface area is 142 Å². The third-order valence-electron chi connectivity index (χ3n) is 4.28. The molecule has 0 atom stereocenters. The van der Waals surface area contributed by atoms with Crippen LogP contribution in [0.15, 0.2) is 30.3 Å². The highest BCUT2D eigenvalue weighted by molar-refractivity contribution is 5.45. The normalized spacial score (nSPS) is 15.6. The zero-order valence-corrected chi connectivity index (χ0v) is 14.5.